The molecule has 0 radical (unpaired) electrons. The van der Waals surface area contributed by atoms with E-state index in [1.807, 2.05) is 38.1 Å². The van der Waals surface area contributed by atoms with E-state index >= 15 is 0 Å². The number of ether oxygens (including phenoxy) is 2. The molecule has 0 atom stereocenters. The Labute approximate surface area is 163 Å². The molecule has 28 heavy (non-hydrogen) atoms. The van der Waals surface area contributed by atoms with Gasteiger partial charge in [0.1, 0.15) is 17.9 Å². The van der Waals surface area contributed by atoms with Crippen LogP contribution in [0.4, 0.5) is 0 Å². The first-order valence-corrected chi connectivity index (χ1v) is 8.97. The maximum Gasteiger partial charge on any atom is 0.337 e. The van der Waals surface area contributed by atoms with Crippen molar-refractivity contribution in [1.29, 1.82) is 0 Å². The summed E-state index contributed by atoms with van der Waals surface area (Å²) in [6.07, 6.45) is 2.67. The lowest BCUT2D eigenvalue weighted by Gasteiger charge is -2.13. The number of esters is 1. The smallest absolute Gasteiger partial charge is 0.337 e. The number of carbonyl (C=O) groups is 1. The Balaban J connectivity index is 1.89. The lowest BCUT2D eigenvalue weighted by molar-refractivity contribution is 0.0600. The van der Waals surface area contributed by atoms with E-state index in [0.29, 0.717) is 29.9 Å². The first-order valence-electron chi connectivity index (χ1n) is 8.97. The van der Waals surface area contributed by atoms with E-state index in [1.54, 1.807) is 18.2 Å². The third-order valence-corrected chi connectivity index (χ3v) is 4.33. The summed E-state index contributed by atoms with van der Waals surface area (Å²) in [5, 5.41) is 0.853. The van der Waals surface area contributed by atoms with Gasteiger partial charge in [0.05, 0.1) is 12.7 Å². The van der Waals surface area contributed by atoms with Gasteiger partial charge < -0.3 is 13.9 Å². The largest absolute Gasteiger partial charge is 0.488 e. The van der Waals surface area contributed by atoms with Gasteiger partial charge in [-0.2, -0.15) is 0 Å². The quantitative estimate of drug-likeness (QED) is 0.354. The molecule has 0 aliphatic rings. The Hall–Kier alpha value is -3.34. The minimum Gasteiger partial charge on any atom is -0.488 e. The molecule has 0 fully saturated rings. The molecule has 0 spiro atoms. The highest BCUT2D eigenvalue weighted by Crippen LogP contribution is 2.29. The number of hydrogen-bond donors (Lipinski definition) is 0. The fourth-order valence-corrected chi connectivity index (χ4v) is 2.82. The second kappa shape index (κ2) is 8.57. The van der Waals surface area contributed by atoms with Crippen molar-refractivity contribution in [2.24, 2.45) is 0 Å². The van der Waals surface area contributed by atoms with Crippen molar-refractivity contribution in [2.75, 3.05) is 7.11 Å². The van der Waals surface area contributed by atoms with E-state index in [9.17, 15) is 9.59 Å². The summed E-state index contributed by atoms with van der Waals surface area (Å²) in [4.78, 5) is 23.2. The lowest BCUT2D eigenvalue weighted by Crippen LogP contribution is -2.03. The van der Waals surface area contributed by atoms with Gasteiger partial charge in [-0.15, -0.1) is 0 Å². The van der Waals surface area contributed by atoms with Gasteiger partial charge in [-0.25, -0.2) is 9.59 Å². The van der Waals surface area contributed by atoms with Gasteiger partial charge in [0, 0.05) is 17.0 Å². The number of hydrogen-bond acceptors (Lipinski definition) is 5. The van der Waals surface area contributed by atoms with Gasteiger partial charge in [0.15, 0.2) is 0 Å². The Morgan fingerprint density at radius 3 is 2.43 bits per heavy atom. The van der Waals surface area contributed by atoms with Crippen molar-refractivity contribution < 1.29 is 18.7 Å². The average Bonchev–Trinajstić information content (AvgIpc) is 2.70. The Morgan fingerprint density at radius 1 is 1.04 bits per heavy atom. The fraction of sp³-hybridized carbons (Fsp3) is 0.217. The Bertz CT molecular complexity index is 1070. The first-order chi connectivity index (χ1) is 13.5. The number of fused-ring (bicyclic) bond motifs is 1. The van der Waals surface area contributed by atoms with Crippen molar-refractivity contribution in [3.8, 4) is 5.75 Å². The predicted molar refractivity (Wildman–Crippen MR) is 108 cm³/mol. The SMILES string of the molecule is COC(=O)c1ccc(COc2ccc3ccc(=O)oc3c2CC=C(C)C)cc1. The third-order valence-electron chi connectivity index (χ3n) is 4.33. The number of rotatable bonds is 6. The Morgan fingerprint density at radius 2 is 1.75 bits per heavy atom. The predicted octanol–water partition coefficient (Wildman–Crippen LogP) is 4.67. The molecule has 2 aromatic carbocycles. The molecule has 0 aliphatic carbocycles. The summed E-state index contributed by atoms with van der Waals surface area (Å²) in [5.74, 6) is 0.289. The van der Waals surface area contributed by atoms with Crippen LogP contribution in [0.25, 0.3) is 11.0 Å². The molecule has 0 saturated carbocycles. The van der Waals surface area contributed by atoms with E-state index in [0.717, 1.165) is 16.5 Å². The Kier molecular flexibility index (Phi) is 5.94. The van der Waals surface area contributed by atoms with Crippen molar-refractivity contribution in [3.05, 3.63) is 87.3 Å². The van der Waals surface area contributed by atoms with Crippen LogP contribution in [0.15, 0.2) is 69.4 Å². The van der Waals surface area contributed by atoms with Gasteiger partial charge in [-0.05, 0) is 56.2 Å². The molecule has 144 valence electrons. The second-order valence-electron chi connectivity index (χ2n) is 6.68. The van der Waals surface area contributed by atoms with Crippen molar-refractivity contribution in [2.45, 2.75) is 26.9 Å². The molecule has 0 N–H and O–H groups in total. The highest BCUT2D eigenvalue weighted by Gasteiger charge is 2.12. The zero-order valence-corrected chi connectivity index (χ0v) is 16.2. The standard InChI is InChI=1S/C23H22O5/c1-15(2)4-11-19-20(12-9-17-10-13-21(24)28-22(17)19)27-14-16-5-7-18(8-6-16)23(25)26-3/h4-10,12-13H,11,14H2,1-3H3. The summed E-state index contributed by atoms with van der Waals surface area (Å²) in [5.41, 5.74) is 3.56. The number of carbonyl (C=O) groups excluding carboxylic acids is 1. The summed E-state index contributed by atoms with van der Waals surface area (Å²) >= 11 is 0. The van der Waals surface area contributed by atoms with Gasteiger partial charge in [-0.1, -0.05) is 23.8 Å². The van der Waals surface area contributed by atoms with E-state index < -0.39 is 0 Å². The number of benzene rings is 2. The topological polar surface area (TPSA) is 65.7 Å². The maximum absolute atomic E-state index is 11.7. The van der Waals surface area contributed by atoms with Crippen molar-refractivity contribution >= 4 is 16.9 Å². The summed E-state index contributed by atoms with van der Waals surface area (Å²) in [7, 11) is 1.35. The van der Waals surface area contributed by atoms with Gasteiger partial charge >= 0.3 is 11.6 Å². The maximum atomic E-state index is 11.7. The molecule has 0 bridgehead atoms. The molecule has 0 saturated heterocycles. The minimum atomic E-state index is -0.388. The molecule has 1 aromatic heterocycles. The van der Waals surface area contributed by atoms with Crippen LogP contribution in [0.5, 0.6) is 5.75 Å². The van der Waals surface area contributed by atoms with Crippen LogP contribution < -0.4 is 10.4 Å². The lowest BCUT2D eigenvalue weighted by atomic mass is 10.1. The van der Waals surface area contributed by atoms with E-state index in [-0.39, 0.29) is 11.6 Å². The zero-order chi connectivity index (χ0) is 20.1. The summed E-state index contributed by atoms with van der Waals surface area (Å²) in [6.45, 7) is 4.36. The minimum absolute atomic E-state index is 0.325. The van der Waals surface area contributed by atoms with Crippen LogP contribution >= 0.6 is 0 Å². The zero-order valence-electron chi connectivity index (χ0n) is 16.2. The van der Waals surface area contributed by atoms with E-state index in [2.05, 4.69) is 6.08 Å². The molecule has 5 heteroatoms. The summed E-state index contributed by atoms with van der Waals surface area (Å²) in [6, 6.07) is 14.0. The second-order valence-corrected chi connectivity index (χ2v) is 6.68. The van der Waals surface area contributed by atoms with E-state index in [1.165, 1.54) is 18.7 Å². The van der Waals surface area contributed by atoms with Crippen LogP contribution in [0.3, 0.4) is 0 Å². The van der Waals surface area contributed by atoms with Gasteiger partial charge in [-0.3, -0.25) is 0 Å². The van der Waals surface area contributed by atoms with Crippen LogP contribution in [0.1, 0.15) is 35.3 Å². The molecule has 1 heterocycles. The van der Waals surface area contributed by atoms with E-state index in [4.69, 9.17) is 13.9 Å². The molecule has 0 amide bonds. The molecular weight excluding hydrogens is 356 g/mol. The first kappa shape index (κ1) is 19.4. The molecule has 0 aliphatic heterocycles. The van der Waals surface area contributed by atoms with Crippen LogP contribution in [0, 0.1) is 0 Å². The van der Waals surface area contributed by atoms with Crippen LogP contribution in [0.2, 0.25) is 0 Å². The van der Waals surface area contributed by atoms with Crippen molar-refractivity contribution in [3.63, 3.8) is 0 Å². The highest BCUT2D eigenvalue weighted by atomic mass is 16.5. The molecular formula is C23H22O5. The normalized spacial score (nSPS) is 10.5. The monoisotopic (exact) mass is 378 g/mol. The molecule has 3 aromatic rings. The average molecular weight is 378 g/mol. The van der Waals surface area contributed by atoms with Gasteiger partial charge in [0.25, 0.3) is 0 Å². The molecule has 0 unspecified atom stereocenters. The molecule has 5 nitrogen and oxygen atoms in total. The van der Waals surface area contributed by atoms with Gasteiger partial charge in [0.2, 0.25) is 0 Å². The van der Waals surface area contributed by atoms with Crippen LogP contribution in [-0.2, 0) is 17.8 Å². The fourth-order valence-electron chi connectivity index (χ4n) is 2.82. The van der Waals surface area contributed by atoms with Crippen LogP contribution in [-0.4, -0.2) is 13.1 Å². The third kappa shape index (κ3) is 4.49. The number of methoxy groups -OCH3 is 1. The highest BCUT2D eigenvalue weighted by molar-refractivity contribution is 5.89. The number of allylic oxidation sites excluding steroid dienone is 2. The summed E-state index contributed by atoms with van der Waals surface area (Å²) < 4.78 is 16.2. The molecule has 3 rings (SSSR count). The van der Waals surface area contributed by atoms with Crippen molar-refractivity contribution in [1.82, 2.24) is 0 Å².